The molecule has 5 N–H and O–H groups in total. The average Bonchev–Trinajstić information content (AvgIpc) is 2.89. The quantitative estimate of drug-likeness (QED) is 0.378. The third-order valence-corrected chi connectivity index (χ3v) is 3.67. The Bertz CT molecular complexity index is 672. The highest BCUT2D eigenvalue weighted by atomic mass is 16.3. The summed E-state index contributed by atoms with van der Waals surface area (Å²) in [5.41, 5.74) is 2.44. The number of hydrogen-bond acceptors (Lipinski definition) is 8. The minimum Gasteiger partial charge on any atom is -0.395 e. The van der Waals surface area contributed by atoms with Gasteiger partial charge in [-0.15, -0.1) is 0 Å². The van der Waals surface area contributed by atoms with Crippen LogP contribution in [0.3, 0.4) is 0 Å². The number of nitrogens with zero attached hydrogens (tertiary/aromatic N) is 4. The minimum absolute atomic E-state index is 0.0523. The van der Waals surface area contributed by atoms with Gasteiger partial charge in [0.05, 0.1) is 25.4 Å². The van der Waals surface area contributed by atoms with E-state index in [0.29, 0.717) is 35.8 Å². The van der Waals surface area contributed by atoms with Crippen molar-refractivity contribution in [1.29, 1.82) is 5.41 Å². The highest BCUT2D eigenvalue weighted by Crippen LogP contribution is 2.19. The van der Waals surface area contributed by atoms with E-state index >= 15 is 0 Å². The maximum atomic E-state index is 9.96. The summed E-state index contributed by atoms with van der Waals surface area (Å²) < 4.78 is 0. The van der Waals surface area contributed by atoms with E-state index in [1.54, 1.807) is 24.3 Å². The summed E-state index contributed by atoms with van der Waals surface area (Å²) in [6.45, 7) is 0.931. The van der Waals surface area contributed by atoms with E-state index in [1.165, 1.54) is 5.01 Å². The third kappa shape index (κ3) is 5.16. The molecule has 0 saturated heterocycles. The molecule has 1 unspecified atom stereocenters. The predicted octanol–water partition coefficient (Wildman–Crippen LogP) is -0.465. The molecule has 1 atom stereocenters. The molecule has 1 aromatic rings. The Hall–Kier alpha value is -2.17. The van der Waals surface area contributed by atoms with Crippen molar-refractivity contribution in [3.63, 3.8) is 0 Å². The first-order valence-electron chi connectivity index (χ1n) is 8.37. The molecule has 0 aromatic heterocycles. The lowest BCUT2D eigenvalue weighted by molar-refractivity contribution is 0.129. The van der Waals surface area contributed by atoms with Gasteiger partial charge in [0.1, 0.15) is 17.7 Å². The number of nitrogens with one attached hydrogen (secondary N) is 2. The van der Waals surface area contributed by atoms with Gasteiger partial charge >= 0.3 is 0 Å². The van der Waals surface area contributed by atoms with Crippen LogP contribution in [0.4, 0.5) is 5.69 Å². The van der Waals surface area contributed by atoms with Crippen LogP contribution in [0, 0.1) is 5.41 Å². The number of hydrogen-bond donors (Lipinski definition) is 5. The van der Waals surface area contributed by atoms with Crippen LogP contribution in [0.15, 0.2) is 34.4 Å². The number of amidine groups is 1. The van der Waals surface area contributed by atoms with E-state index in [1.807, 2.05) is 19.0 Å². The Morgan fingerprint density at radius 2 is 1.92 bits per heavy atom. The van der Waals surface area contributed by atoms with E-state index in [-0.39, 0.29) is 25.6 Å². The average molecular weight is 362 g/mol. The first-order valence-corrected chi connectivity index (χ1v) is 8.37. The molecule has 1 heterocycles. The van der Waals surface area contributed by atoms with Crippen molar-refractivity contribution < 1.29 is 15.3 Å². The molecule has 0 spiro atoms. The van der Waals surface area contributed by atoms with Crippen molar-refractivity contribution in [3.05, 3.63) is 29.8 Å². The summed E-state index contributed by atoms with van der Waals surface area (Å²) >= 11 is 0. The van der Waals surface area contributed by atoms with Crippen molar-refractivity contribution in [1.82, 2.24) is 15.2 Å². The van der Waals surface area contributed by atoms with Gasteiger partial charge in [-0.25, -0.2) is 10.0 Å². The van der Waals surface area contributed by atoms with Crippen LogP contribution in [0.5, 0.6) is 0 Å². The van der Waals surface area contributed by atoms with Crippen LogP contribution in [0.2, 0.25) is 0 Å². The van der Waals surface area contributed by atoms with Crippen molar-refractivity contribution in [3.8, 4) is 0 Å². The topological polar surface area (TPSA) is 128 Å². The fourth-order valence-electron chi connectivity index (χ4n) is 2.46. The number of benzene rings is 1. The van der Waals surface area contributed by atoms with Gasteiger partial charge in [0.25, 0.3) is 0 Å². The fourth-order valence-corrected chi connectivity index (χ4v) is 2.46. The van der Waals surface area contributed by atoms with E-state index in [0.717, 1.165) is 0 Å². The van der Waals surface area contributed by atoms with Gasteiger partial charge in [-0.05, 0) is 31.8 Å². The van der Waals surface area contributed by atoms with Gasteiger partial charge in [0.15, 0.2) is 5.84 Å². The lowest BCUT2D eigenvalue weighted by Gasteiger charge is -2.13. The van der Waals surface area contributed by atoms with Crippen molar-refractivity contribution >= 4 is 22.9 Å². The normalized spacial score (nSPS) is 17.3. The molecule has 26 heavy (non-hydrogen) atoms. The lowest BCUT2D eigenvalue weighted by atomic mass is 10.1. The summed E-state index contributed by atoms with van der Waals surface area (Å²) in [6.07, 6.45) is -0.862. The molecular formula is C17H26N6O3. The number of aliphatic imine (C=N–C) groups is 1. The highest BCUT2D eigenvalue weighted by Gasteiger charge is 2.28. The molecule has 1 aromatic carbocycles. The van der Waals surface area contributed by atoms with Crippen molar-refractivity contribution in [2.45, 2.75) is 6.23 Å². The van der Waals surface area contributed by atoms with Crippen molar-refractivity contribution in [2.75, 3.05) is 46.9 Å². The molecule has 9 heteroatoms. The molecule has 0 fully saturated rings. The molecule has 142 valence electrons. The van der Waals surface area contributed by atoms with Crippen molar-refractivity contribution in [2.24, 2.45) is 10.1 Å². The fraction of sp³-hybridized carbons (Fsp3) is 0.471. The predicted molar refractivity (Wildman–Crippen MR) is 101 cm³/mol. The Kier molecular flexibility index (Phi) is 7.37. The lowest BCUT2D eigenvalue weighted by Crippen LogP contribution is -2.31. The number of rotatable bonds is 9. The van der Waals surface area contributed by atoms with Gasteiger partial charge in [0.2, 0.25) is 0 Å². The minimum atomic E-state index is -0.862. The number of β-amino-alcohol motifs (C(OH)–C–C–N with tert-alkyl or cyclic N) is 1. The molecule has 0 radical (unpaired) electrons. The number of aliphatic hydroxyl groups excluding tert-OH is 3. The number of hydrazone groups is 1. The zero-order valence-electron chi connectivity index (χ0n) is 15.1. The summed E-state index contributed by atoms with van der Waals surface area (Å²) in [5, 5.41) is 44.7. The van der Waals surface area contributed by atoms with Gasteiger partial charge < -0.3 is 20.2 Å². The summed E-state index contributed by atoms with van der Waals surface area (Å²) in [4.78, 5) is 6.48. The monoisotopic (exact) mass is 362 g/mol. The highest BCUT2D eigenvalue weighted by molar-refractivity contribution is 6.70. The van der Waals surface area contributed by atoms with Gasteiger partial charge in [-0.2, -0.15) is 5.10 Å². The Balaban J connectivity index is 2.20. The summed E-state index contributed by atoms with van der Waals surface area (Å²) in [5.74, 6) is 0.157. The molecule has 0 aliphatic carbocycles. The zero-order chi connectivity index (χ0) is 19.1. The van der Waals surface area contributed by atoms with Gasteiger partial charge in [-0.1, -0.05) is 12.1 Å². The first kappa shape index (κ1) is 20.1. The molecule has 0 saturated carbocycles. The number of aliphatic hydroxyl groups is 3. The SMILES string of the molecule is CN(C)CC1=NN(CCO)C(=N)C1=Nc1ccc(C(O)NCCO)cc1. The maximum Gasteiger partial charge on any atom is 0.169 e. The molecule has 0 bridgehead atoms. The third-order valence-electron chi connectivity index (χ3n) is 3.67. The Morgan fingerprint density at radius 1 is 1.23 bits per heavy atom. The molecule has 0 amide bonds. The van der Waals surface area contributed by atoms with Crippen LogP contribution in [-0.4, -0.2) is 89.4 Å². The van der Waals surface area contributed by atoms with Crippen LogP contribution in [-0.2, 0) is 0 Å². The second-order valence-electron chi connectivity index (χ2n) is 6.11. The van der Waals surface area contributed by atoms with Crippen LogP contribution in [0.25, 0.3) is 0 Å². The molecule has 9 nitrogen and oxygen atoms in total. The second-order valence-corrected chi connectivity index (χ2v) is 6.11. The molecular weight excluding hydrogens is 336 g/mol. The Labute approximate surface area is 152 Å². The second kappa shape index (κ2) is 9.51. The van der Waals surface area contributed by atoms with E-state index in [4.69, 9.17) is 15.6 Å². The summed E-state index contributed by atoms with van der Waals surface area (Å²) in [6, 6.07) is 6.98. The van der Waals surface area contributed by atoms with Gasteiger partial charge in [0, 0.05) is 13.1 Å². The molecule has 1 aliphatic heterocycles. The van der Waals surface area contributed by atoms with Crippen LogP contribution >= 0.6 is 0 Å². The Morgan fingerprint density at radius 3 is 2.50 bits per heavy atom. The standard InChI is InChI=1S/C17H26N6O3/c1-22(2)11-14-15(16(18)23(21-14)8-10-25)20-13-5-3-12(4-6-13)17(26)19-7-9-24/h3-6,17-19,24-26H,7-11H2,1-2H3. The first-order chi connectivity index (χ1) is 12.5. The maximum absolute atomic E-state index is 9.96. The van der Waals surface area contributed by atoms with E-state index in [9.17, 15) is 5.11 Å². The van der Waals surface area contributed by atoms with E-state index < -0.39 is 6.23 Å². The van der Waals surface area contributed by atoms with Crippen LogP contribution in [0.1, 0.15) is 11.8 Å². The van der Waals surface area contributed by atoms with Crippen LogP contribution < -0.4 is 5.32 Å². The van der Waals surface area contributed by atoms with E-state index in [2.05, 4.69) is 15.4 Å². The molecule has 2 rings (SSSR count). The zero-order valence-corrected chi connectivity index (χ0v) is 15.1. The van der Waals surface area contributed by atoms with Gasteiger partial charge in [-0.3, -0.25) is 10.7 Å². The molecule has 1 aliphatic rings. The smallest absolute Gasteiger partial charge is 0.169 e. The summed E-state index contributed by atoms with van der Waals surface area (Å²) in [7, 11) is 3.82. The largest absolute Gasteiger partial charge is 0.395 e.